The first-order valence-corrected chi connectivity index (χ1v) is 7.54. The van der Waals surface area contributed by atoms with Gasteiger partial charge >= 0.3 is 0 Å². The van der Waals surface area contributed by atoms with Gasteiger partial charge in [-0.3, -0.25) is 9.48 Å². The molecule has 1 amide bonds. The molecule has 4 nitrogen and oxygen atoms in total. The molecule has 3 rings (SSSR count). The molecule has 1 aromatic heterocycles. The zero-order valence-electron chi connectivity index (χ0n) is 11.1. The van der Waals surface area contributed by atoms with Crippen molar-refractivity contribution in [2.75, 3.05) is 6.54 Å². The quantitative estimate of drug-likeness (QED) is 0.806. The van der Waals surface area contributed by atoms with E-state index in [0.717, 1.165) is 36.9 Å². The first-order chi connectivity index (χ1) is 9.78. The van der Waals surface area contributed by atoms with Crippen molar-refractivity contribution < 1.29 is 4.79 Å². The van der Waals surface area contributed by atoms with Crippen LogP contribution in [0.15, 0.2) is 41.1 Å². The second-order valence-corrected chi connectivity index (χ2v) is 5.87. The van der Waals surface area contributed by atoms with Gasteiger partial charge in [0.25, 0.3) is 0 Å². The Kier molecular flexibility index (Phi) is 3.87. The number of benzene rings is 1. The number of hydrogen-bond donors (Lipinski definition) is 0. The molecule has 1 aromatic carbocycles. The van der Waals surface area contributed by atoms with E-state index in [1.807, 2.05) is 15.6 Å². The number of carbonyl (C=O) groups excluding carboxylic acids is 1. The summed E-state index contributed by atoms with van der Waals surface area (Å²) in [4.78, 5) is 12.9. The Bertz CT molecular complexity index is 593. The molecule has 0 saturated carbocycles. The molecule has 1 saturated heterocycles. The number of likely N-dealkylation sites (tertiary alicyclic amines) is 1. The number of amides is 1. The topological polar surface area (TPSA) is 38.1 Å². The van der Waals surface area contributed by atoms with Gasteiger partial charge in [0.2, 0.25) is 6.41 Å². The van der Waals surface area contributed by atoms with Gasteiger partial charge in [-0.25, -0.2) is 0 Å². The van der Waals surface area contributed by atoms with Gasteiger partial charge in [-0.1, -0.05) is 24.3 Å². The lowest BCUT2D eigenvalue weighted by atomic mass is 10.0. The Balaban J connectivity index is 1.74. The van der Waals surface area contributed by atoms with E-state index < -0.39 is 0 Å². The summed E-state index contributed by atoms with van der Waals surface area (Å²) in [5, 5.41) is 4.25. The van der Waals surface area contributed by atoms with E-state index in [-0.39, 0.29) is 6.04 Å². The second-order valence-electron chi connectivity index (χ2n) is 5.05. The molecule has 0 bridgehead atoms. The number of carbonyl (C=O) groups is 1. The van der Waals surface area contributed by atoms with Gasteiger partial charge in [0.1, 0.15) is 4.60 Å². The number of rotatable bonds is 4. The minimum absolute atomic E-state index is 0.248. The van der Waals surface area contributed by atoms with Gasteiger partial charge < -0.3 is 4.90 Å². The molecule has 1 aliphatic heterocycles. The maximum absolute atomic E-state index is 11.0. The Morgan fingerprint density at radius 3 is 2.75 bits per heavy atom. The summed E-state index contributed by atoms with van der Waals surface area (Å²) in [5.41, 5.74) is 2.42. The van der Waals surface area contributed by atoms with E-state index in [1.54, 1.807) is 6.20 Å². The lowest BCUT2D eigenvalue weighted by molar-refractivity contribution is -0.118. The first-order valence-electron chi connectivity index (χ1n) is 6.75. The molecule has 0 N–H and O–H groups in total. The largest absolute Gasteiger partial charge is 0.338 e. The SMILES string of the molecule is O=CN1CCCC1c1ccc(Cn2nccc2Br)cc1. The molecule has 104 valence electrons. The van der Waals surface area contributed by atoms with Crippen LogP contribution in [0.2, 0.25) is 0 Å². The second kappa shape index (κ2) is 5.79. The van der Waals surface area contributed by atoms with Gasteiger partial charge in [-0.15, -0.1) is 0 Å². The van der Waals surface area contributed by atoms with Crippen molar-refractivity contribution >= 4 is 22.3 Å². The average Bonchev–Trinajstić information content (AvgIpc) is 3.09. The summed E-state index contributed by atoms with van der Waals surface area (Å²) < 4.78 is 2.88. The van der Waals surface area contributed by atoms with Crippen LogP contribution in [0, 0.1) is 0 Å². The minimum atomic E-state index is 0.248. The predicted octanol–water partition coefficient (Wildman–Crippen LogP) is 2.99. The number of halogens is 1. The van der Waals surface area contributed by atoms with Gasteiger partial charge in [-0.2, -0.15) is 5.10 Å². The molecule has 5 heteroatoms. The van der Waals surface area contributed by atoms with Crippen LogP contribution in [0.1, 0.15) is 30.0 Å². The summed E-state index contributed by atoms with van der Waals surface area (Å²) in [6.07, 6.45) is 4.89. The number of nitrogens with zero attached hydrogens (tertiary/aromatic N) is 3. The monoisotopic (exact) mass is 333 g/mol. The Morgan fingerprint density at radius 1 is 1.30 bits per heavy atom. The standard InChI is InChI=1S/C15H16BrN3O/c16-15-7-8-17-19(15)10-12-3-5-13(6-4-12)14-2-1-9-18(14)11-20/h3-8,11,14H,1-2,9-10H2. The van der Waals surface area contributed by atoms with Crippen LogP contribution in [0.5, 0.6) is 0 Å². The third kappa shape index (κ3) is 2.63. The highest BCUT2D eigenvalue weighted by Gasteiger charge is 2.24. The normalized spacial score (nSPS) is 18.4. The summed E-state index contributed by atoms with van der Waals surface area (Å²) in [6, 6.07) is 10.7. The van der Waals surface area contributed by atoms with E-state index >= 15 is 0 Å². The summed E-state index contributed by atoms with van der Waals surface area (Å²) in [6.45, 7) is 1.62. The lowest BCUT2D eigenvalue weighted by Crippen LogP contribution is -2.21. The molecule has 2 aromatic rings. The summed E-state index contributed by atoms with van der Waals surface area (Å²) in [7, 11) is 0. The Labute approximate surface area is 126 Å². The molecular formula is C15H16BrN3O. The van der Waals surface area contributed by atoms with Gasteiger partial charge in [0, 0.05) is 6.54 Å². The van der Waals surface area contributed by atoms with E-state index in [1.165, 1.54) is 11.1 Å². The zero-order chi connectivity index (χ0) is 13.9. The molecule has 2 heterocycles. The highest BCUT2D eigenvalue weighted by atomic mass is 79.9. The van der Waals surface area contributed by atoms with Crippen molar-refractivity contribution in [3.8, 4) is 0 Å². The van der Waals surface area contributed by atoms with Crippen molar-refractivity contribution in [1.29, 1.82) is 0 Å². The van der Waals surface area contributed by atoms with Gasteiger partial charge in [-0.05, 0) is 46.0 Å². The third-order valence-electron chi connectivity index (χ3n) is 3.79. The summed E-state index contributed by atoms with van der Waals surface area (Å²) >= 11 is 3.46. The molecule has 1 unspecified atom stereocenters. The van der Waals surface area contributed by atoms with Crippen LogP contribution >= 0.6 is 15.9 Å². The molecule has 1 aliphatic rings. The maximum Gasteiger partial charge on any atom is 0.210 e. The lowest BCUT2D eigenvalue weighted by Gasteiger charge is -2.20. The molecule has 0 aliphatic carbocycles. The average molecular weight is 334 g/mol. The van der Waals surface area contributed by atoms with E-state index in [4.69, 9.17) is 0 Å². The minimum Gasteiger partial charge on any atom is -0.338 e. The fraction of sp³-hybridized carbons (Fsp3) is 0.333. The van der Waals surface area contributed by atoms with Gasteiger partial charge in [0.15, 0.2) is 0 Å². The Morgan fingerprint density at radius 2 is 2.10 bits per heavy atom. The smallest absolute Gasteiger partial charge is 0.210 e. The summed E-state index contributed by atoms with van der Waals surface area (Å²) in [5.74, 6) is 0. The van der Waals surface area contributed by atoms with Crippen LogP contribution < -0.4 is 0 Å². The molecule has 1 atom stereocenters. The van der Waals surface area contributed by atoms with Crippen molar-refractivity contribution in [2.45, 2.75) is 25.4 Å². The fourth-order valence-electron chi connectivity index (χ4n) is 2.72. The van der Waals surface area contributed by atoms with Crippen LogP contribution in [0.3, 0.4) is 0 Å². The van der Waals surface area contributed by atoms with Crippen molar-refractivity contribution in [3.63, 3.8) is 0 Å². The molecule has 1 fully saturated rings. The zero-order valence-corrected chi connectivity index (χ0v) is 12.7. The highest BCUT2D eigenvalue weighted by molar-refractivity contribution is 9.10. The fourth-order valence-corrected chi connectivity index (χ4v) is 3.06. The van der Waals surface area contributed by atoms with Crippen LogP contribution in [0.25, 0.3) is 0 Å². The maximum atomic E-state index is 11.0. The van der Waals surface area contributed by atoms with E-state index in [2.05, 4.69) is 45.3 Å². The van der Waals surface area contributed by atoms with Crippen molar-refractivity contribution in [3.05, 3.63) is 52.3 Å². The van der Waals surface area contributed by atoms with E-state index in [0.29, 0.717) is 0 Å². The highest BCUT2D eigenvalue weighted by Crippen LogP contribution is 2.30. The number of hydrogen-bond acceptors (Lipinski definition) is 2. The molecule has 20 heavy (non-hydrogen) atoms. The predicted molar refractivity (Wildman–Crippen MR) is 80.2 cm³/mol. The number of aromatic nitrogens is 2. The molecule has 0 radical (unpaired) electrons. The van der Waals surface area contributed by atoms with Crippen LogP contribution in [-0.2, 0) is 11.3 Å². The van der Waals surface area contributed by atoms with Crippen LogP contribution in [-0.4, -0.2) is 27.6 Å². The van der Waals surface area contributed by atoms with Gasteiger partial charge in [0.05, 0.1) is 18.8 Å². The molecule has 0 spiro atoms. The molecular weight excluding hydrogens is 318 g/mol. The Hall–Kier alpha value is -1.62. The first kappa shape index (κ1) is 13.4. The van der Waals surface area contributed by atoms with Crippen molar-refractivity contribution in [1.82, 2.24) is 14.7 Å². The third-order valence-corrected chi connectivity index (χ3v) is 4.46. The van der Waals surface area contributed by atoms with Crippen molar-refractivity contribution in [2.24, 2.45) is 0 Å². The van der Waals surface area contributed by atoms with E-state index in [9.17, 15) is 4.79 Å². The van der Waals surface area contributed by atoms with Crippen LogP contribution in [0.4, 0.5) is 0 Å².